The van der Waals surface area contributed by atoms with E-state index in [-0.39, 0.29) is 5.91 Å². The Kier molecular flexibility index (Phi) is 7.59. The highest BCUT2D eigenvalue weighted by Gasteiger charge is 2.10. The zero-order valence-electron chi connectivity index (χ0n) is 16.7. The van der Waals surface area contributed by atoms with Crippen molar-refractivity contribution in [3.05, 3.63) is 108 Å². The number of nitrogens with one attached hydrogen (secondary N) is 1. The van der Waals surface area contributed by atoms with Gasteiger partial charge in [-0.3, -0.25) is 4.79 Å². The molecule has 160 valence electrons. The molecule has 1 amide bonds. The van der Waals surface area contributed by atoms with Crippen molar-refractivity contribution in [3.8, 4) is 5.75 Å². The highest BCUT2D eigenvalue weighted by Crippen LogP contribution is 2.35. The van der Waals surface area contributed by atoms with Gasteiger partial charge < -0.3 is 4.74 Å². The third-order valence-corrected chi connectivity index (χ3v) is 6.59. The standard InChI is InChI=1S/C25H17Br2IN2O2/c26-22-11-16(14-29-30-25(31)18-7-4-9-20(28)13-18)12-23(27)24(22)32-15-19-8-3-6-17-5-1-2-10-21(17)19/h1-14H,15H2,(H,30,31)/b29-14-. The molecule has 4 rings (SSSR count). The second kappa shape index (κ2) is 10.6. The summed E-state index contributed by atoms with van der Waals surface area (Å²) in [7, 11) is 0. The Balaban J connectivity index is 1.45. The number of nitrogens with zero attached hydrogens (tertiary/aromatic N) is 1. The predicted octanol–water partition coefficient (Wildman–Crippen LogP) is 7.31. The summed E-state index contributed by atoms with van der Waals surface area (Å²) in [5.41, 5.74) is 5.05. The molecule has 0 saturated carbocycles. The number of hydrazone groups is 1. The molecule has 0 aromatic heterocycles. The molecule has 32 heavy (non-hydrogen) atoms. The second-order valence-corrected chi connectivity index (χ2v) is 9.90. The van der Waals surface area contributed by atoms with Crippen LogP contribution in [-0.4, -0.2) is 12.1 Å². The Hall–Kier alpha value is -2.23. The normalized spacial score (nSPS) is 11.1. The van der Waals surface area contributed by atoms with Gasteiger partial charge in [-0.05, 0) is 107 Å². The number of carbonyl (C=O) groups is 1. The van der Waals surface area contributed by atoms with Crippen LogP contribution in [0.1, 0.15) is 21.5 Å². The fraction of sp³-hybridized carbons (Fsp3) is 0.0400. The van der Waals surface area contributed by atoms with Gasteiger partial charge >= 0.3 is 0 Å². The van der Waals surface area contributed by atoms with Gasteiger partial charge in [0.05, 0.1) is 15.2 Å². The molecule has 0 fully saturated rings. The van der Waals surface area contributed by atoms with Gasteiger partial charge in [-0.15, -0.1) is 0 Å². The summed E-state index contributed by atoms with van der Waals surface area (Å²) in [5, 5.41) is 6.44. The number of benzene rings is 4. The van der Waals surface area contributed by atoms with E-state index in [9.17, 15) is 4.79 Å². The second-order valence-electron chi connectivity index (χ2n) is 6.95. The van der Waals surface area contributed by atoms with Crippen molar-refractivity contribution in [3.63, 3.8) is 0 Å². The average molecular weight is 664 g/mol. The number of carbonyl (C=O) groups excluding carboxylic acids is 1. The average Bonchev–Trinajstić information content (AvgIpc) is 2.78. The minimum absolute atomic E-state index is 0.257. The molecule has 0 atom stereocenters. The maximum absolute atomic E-state index is 12.2. The van der Waals surface area contributed by atoms with Crippen LogP contribution in [0.3, 0.4) is 0 Å². The summed E-state index contributed by atoms with van der Waals surface area (Å²) in [5.74, 6) is 0.450. The van der Waals surface area contributed by atoms with Crippen LogP contribution in [0.5, 0.6) is 5.75 Å². The van der Waals surface area contributed by atoms with E-state index in [0.717, 1.165) is 23.6 Å². The van der Waals surface area contributed by atoms with Gasteiger partial charge in [-0.2, -0.15) is 5.10 Å². The van der Waals surface area contributed by atoms with Gasteiger partial charge in [0.15, 0.2) is 0 Å². The number of hydrogen-bond acceptors (Lipinski definition) is 3. The van der Waals surface area contributed by atoms with E-state index in [1.165, 1.54) is 10.8 Å². The third-order valence-electron chi connectivity index (χ3n) is 4.74. The van der Waals surface area contributed by atoms with Crippen molar-refractivity contribution in [1.82, 2.24) is 5.43 Å². The minimum Gasteiger partial charge on any atom is -0.487 e. The van der Waals surface area contributed by atoms with Crippen LogP contribution >= 0.6 is 54.5 Å². The van der Waals surface area contributed by atoms with Gasteiger partial charge in [-0.25, -0.2) is 5.43 Å². The topological polar surface area (TPSA) is 50.7 Å². The van der Waals surface area contributed by atoms with E-state index >= 15 is 0 Å². The molecule has 1 N–H and O–H groups in total. The number of amides is 1. The van der Waals surface area contributed by atoms with Crippen molar-refractivity contribution in [2.24, 2.45) is 5.10 Å². The molecule has 0 aliphatic carbocycles. The summed E-state index contributed by atoms with van der Waals surface area (Å²) in [6.07, 6.45) is 1.59. The van der Waals surface area contributed by atoms with Crippen LogP contribution in [0.2, 0.25) is 0 Å². The SMILES string of the molecule is O=C(N/N=C\c1cc(Br)c(OCc2cccc3ccccc23)c(Br)c1)c1cccc(I)c1. The first-order chi connectivity index (χ1) is 15.5. The summed E-state index contributed by atoms with van der Waals surface area (Å²) in [4.78, 5) is 12.2. The first kappa shape index (κ1) is 22.9. The van der Waals surface area contributed by atoms with E-state index in [1.807, 2.05) is 42.5 Å². The molecule has 0 aliphatic heterocycles. The van der Waals surface area contributed by atoms with Crippen molar-refractivity contribution in [2.75, 3.05) is 0 Å². The van der Waals surface area contributed by atoms with E-state index in [0.29, 0.717) is 17.9 Å². The van der Waals surface area contributed by atoms with E-state index in [2.05, 4.69) is 89.2 Å². The minimum atomic E-state index is -0.257. The predicted molar refractivity (Wildman–Crippen MR) is 144 cm³/mol. The van der Waals surface area contributed by atoms with Gasteiger partial charge in [0.2, 0.25) is 0 Å². The van der Waals surface area contributed by atoms with Crippen molar-refractivity contribution < 1.29 is 9.53 Å². The molecule has 4 aromatic carbocycles. The lowest BCUT2D eigenvalue weighted by Crippen LogP contribution is -2.17. The number of hydrogen-bond donors (Lipinski definition) is 1. The molecule has 7 heteroatoms. The highest BCUT2D eigenvalue weighted by molar-refractivity contribution is 14.1. The number of ether oxygens (including phenoxy) is 1. The largest absolute Gasteiger partial charge is 0.487 e. The highest BCUT2D eigenvalue weighted by atomic mass is 127. The smallest absolute Gasteiger partial charge is 0.271 e. The lowest BCUT2D eigenvalue weighted by atomic mass is 10.1. The van der Waals surface area contributed by atoms with Crippen molar-refractivity contribution in [2.45, 2.75) is 6.61 Å². The molecule has 4 aromatic rings. The lowest BCUT2D eigenvalue weighted by Gasteiger charge is -2.13. The maximum Gasteiger partial charge on any atom is 0.271 e. The van der Waals surface area contributed by atoms with Crippen LogP contribution in [0.15, 0.2) is 92.9 Å². The Bertz CT molecular complexity index is 1300. The fourth-order valence-corrected chi connectivity index (χ4v) is 5.21. The first-order valence-electron chi connectivity index (χ1n) is 9.69. The summed E-state index contributed by atoms with van der Waals surface area (Å²) >= 11 is 9.33. The number of halogens is 3. The fourth-order valence-electron chi connectivity index (χ4n) is 3.22. The lowest BCUT2D eigenvalue weighted by molar-refractivity contribution is 0.0955. The van der Waals surface area contributed by atoms with Crippen molar-refractivity contribution in [1.29, 1.82) is 0 Å². The van der Waals surface area contributed by atoms with Crippen LogP contribution in [0.4, 0.5) is 0 Å². The summed E-state index contributed by atoms with van der Waals surface area (Å²) in [6, 6.07) is 25.6. The molecular weight excluding hydrogens is 647 g/mol. The van der Waals surface area contributed by atoms with Crippen LogP contribution in [-0.2, 0) is 6.61 Å². The molecule has 0 spiro atoms. The quantitative estimate of drug-likeness (QED) is 0.134. The van der Waals surface area contributed by atoms with Gasteiger partial charge in [0, 0.05) is 9.13 Å². The zero-order valence-corrected chi connectivity index (χ0v) is 22.0. The van der Waals surface area contributed by atoms with Crippen LogP contribution < -0.4 is 10.2 Å². The summed E-state index contributed by atoms with van der Waals surface area (Å²) < 4.78 is 8.69. The first-order valence-corrected chi connectivity index (χ1v) is 12.4. The molecule has 0 heterocycles. The Morgan fingerprint density at radius 1 is 0.969 bits per heavy atom. The number of fused-ring (bicyclic) bond motifs is 1. The van der Waals surface area contributed by atoms with E-state index in [1.54, 1.807) is 18.3 Å². The molecule has 0 aliphatic rings. The summed E-state index contributed by atoms with van der Waals surface area (Å²) in [6.45, 7) is 0.442. The van der Waals surface area contributed by atoms with Crippen molar-refractivity contribution >= 4 is 77.3 Å². The number of rotatable bonds is 6. The Labute approximate surface area is 216 Å². The maximum atomic E-state index is 12.2. The molecule has 0 unspecified atom stereocenters. The zero-order chi connectivity index (χ0) is 22.5. The monoisotopic (exact) mass is 662 g/mol. The van der Waals surface area contributed by atoms with E-state index in [4.69, 9.17) is 4.74 Å². The molecular formula is C25H17Br2IN2O2. The third kappa shape index (κ3) is 5.57. The van der Waals surface area contributed by atoms with Gasteiger partial charge in [-0.1, -0.05) is 48.5 Å². The Morgan fingerprint density at radius 3 is 2.47 bits per heavy atom. The molecule has 0 radical (unpaired) electrons. The molecule has 4 nitrogen and oxygen atoms in total. The Morgan fingerprint density at radius 2 is 1.69 bits per heavy atom. The van der Waals surface area contributed by atoms with E-state index < -0.39 is 0 Å². The molecule has 0 saturated heterocycles. The van der Waals surface area contributed by atoms with Crippen LogP contribution in [0, 0.1) is 3.57 Å². The van der Waals surface area contributed by atoms with Gasteiger partial charge in [0.25, 0.3) is 5.91 Å². The molecule has 0 bridgehead atoms. The van der Waals surface area contributed by atoms with Gasteiger partial charge in [0.1, 0.15) is 12.4 Å². The van der Waals surface area contributed by atoms with Crippen LogP contribution in [0.25, 0.3) is 10.8 Å².